The molecule has 0 saturated carbocycles. The minimum Gasteiger partial charge on any atom is -0.548 e. The molecule has 0 radical (unpaired) electrons. The number of carboxylic acids is 1. The third-order valence-corrected chi connectivity index (χ3v) is 5.76. The number of nitrogens with zero attached hydrogens (tertiary/aromatic N) is 1. The zero-order chi connectivity index (χ0) is 23.1. The average molecular weight is 461 g/mol. The number of ether oxygens (including phenoxy) is 1. The number of hydrogen-bond acceptors (Lipinski definition) is 6. The van der Waals surface area contributed by atoms with Crippen LogP contribution in [-0.2, 0) is 38.5 Å². The molecular formula is C25H29N2NaO5. The summed E-state index contributed by atoms with van der Waals surface area (Å²) in [6.07, 6.45) is 1.29. The minimum absolute atomic E-state index is 0. The van der Waals surface area contributed by atoms with Crippen molar-refractivity contribution in [2.24, 2.45) is 0 Å². The summed E-state index contributed by atoms with van der Waals surface area (Å²) >= 11 is 0. The smallest absolute Gasteiger partial charge is 0.548 e. The molecule has 0 bridgehead atoms. The maximum atomic E-state index is 13.2. The normalized spacial score (nSPS) is 16.7. The van der Waals surface area contributed by atoms with Gasteiger partial charge in [0.05, 0.1) is 24.7 Å². The van der Waals surface area contributed by atoms with Crippen LogP contribution in [0.1, 0.15) is 37.0 Å². The fraction of sp³-hybridized carbons (Fsp3) is 0.400. The Labute approximate surface area is 216 Å². The first kappa shape index (κ1) is 27.1. The van der Waals surface area contributed by atoms with Crippen molar-refractivity contribution < 1.29 is 53.8 Å². The summed E-state index contributed by atoms with van der Waals surface area (Å²) in [5.41, 5.74) is 2.89. The van der Waals surface area contributed by atoms with E-state index in [-0.39, 0.29) is 55.0 Å². The number of aliphatic carboxylic acids is 1. The third-order valence-electron chi connectivity index (χ3n) is 5.76. The summed E-state index contributed by atoms with van der Waals surface area (Å²) in [6, 6.07) is 14.7. The molecule has 0 aliphatic carbocycles. The summed E-state index contributed by atoms with van der Waals surface area (Å²) in [6.45, 7) is 3.80. The second-order valence-electron chi connectivity index (χ2n) is 7.99. The van der Waals surface area contributed by atoms with Gasteiger partial charge in [-0.3, -0.25) is 14.9 Å². The van der Waals surface area contributed by atoms with Crippen molar-refractivity contribution in [2.75, 3.05) is 6.61 Å². The number of nitrogens with one attached hydrogen (secondary N) is 1. The summed E-state index contributed by atoms with van der Waals surface area (Å²) in [4.78, 5) is 38.9. The van der Waals surface area contributed by atoms with Gasteiger partial charge in [0.1, 0.15) is 6.04 Å². The molecule has 0 fully saturated rings. The van der Waals surface area contributed by atoms with Crippen LogP contribution >= 0.6 is 0 Å². The van der Waals surface area contributed by atoms with Crippen molar-refractivity contribution in [2.45, 2.75) is 57.8 Å². The van der Waals surface area contributed by atoms with Gasteiger partial charge >= 0.3 is 35.5 Å². The van der Waals surface area contributed by atoms with Crippen molar-refractivity contribution in [3.8, 4) is 0 Å². The van der Waals surface area contributed by atoms with Gasteiger partial charge in [0.25, 0.3) is 0 Å². The Bertz CT molecular complexity index is 953. The molecule has 1 N–H and O–H groups in total. The van der Waals surface area contributed by atoms with Gasteiger partial charge in [-0.25, -0.2) is 0 Å². The number of fused-ring (bicyclic) bond motifs is 1. The maximum absolute atomic E-state index is 13.2. The van der Waals surface area contributed by atoms with Crippen LogP contribution in [0.25, 0.3) is 0 Å². The fourth-order valence-electron chi connectivity index (χ4n) is 4.05. The number of benzene rings is 2. The van der Waals surface area contributed by atoms with Crippen LogP contribution in [0.4, 0.5) is 0 Å². The summed E-state index contributed by atoms with van der Waals surface area (Å²) in [5, 5.41) is 14.9. The van der Waals surface area contributed by atoms with E-state index in [2.05, 4.69) is 5.32 Å². The Balaban J connectivity index is 0.00000385. The number of rotatable bonds is 9. The SMILES string of the molecule is CCOC(=O)[C@H](CCc1ccccc1)N[C@@H](C)C(=O)N1Cc2ccccc2C[C@H]1C(=O)[O-].[Na+]. The van der Waals surface area contributed by atoms with Crippen LogP contribution in [0.15, 0.2) is 54.6 Å². The van der Waals surface area contributed by atoms with Crippen LogP contribution in [-0.4, -0.2) is 47.5 Å². The first-order valence-electron chi connectivity index (χ1n) is 11.0. The van der Waals surface area contributed by atoms with E-state index < -0.39 is 30.1 Å². The molecule has 0 unspecified atom stereocenters. The minimum atomic E-state index is -1.29. The van der Waals surface area contributed by atoms with Crippen molar-refractivity contribution in [3.63, 3.8) is 0 Å². The molecular weight excluding hydrogens is 431 g/mol. The molecule has 1 amide bonds. The summed E-state index contributed by atoms with van der Waals surface area (Å²) in [5.74, 6) is -2.10. The number of amides is 1. The fourth-order valence-corrected chi connectivity index (χ4v) is 4.05. The molecule has 1 aliphatic heterocycles. The first-order chi connectivity index (χ1) is 15.4. The van der Waals surface area contributed by atoms with E-state index in [0.29, 0.717) is 12.8 Å². The molecule has 8 heteroatoms. The first-order valence-corrected chi connectivity index (χ1v) is 11.0. The van der Waals surface area contributed by atoms with E-state index in [9.17, 15) is 19.5 Å². The number of carbonyl (C=O) groups excluding carboxylic acids is 3. The number of hydrogen-bond donors (Lipinski definition) is 1. The molecule has 7 nitrogen and oxygen atoms in total. The maximum Gasteiger partial charge on any atom is 1.00 e. The van der Waals surface area contributed by atoms with Gasteiger partial charge in [-0.2, -0.15) is 0 Å². The molecule has 0 spiro atoms. The number of esters is 1. The Morgan fingerprint density at radius 1 is 1.09 bits per heavy atom. The van der Waals surface area contributed by atoms with Crippen molar-refractivity contribution in [3.05, 3.63) is 71.3 Å². The van der Waals surface area contributed by atoms with E-state index in [1.165, 1.54) is 4.90 Å². The quantitative estimate of drug-likeness (QED) is 0.352. The zero-order valence-electron chi connectivity index (χ0n) is 19.5. The van der Waals surface area contributed by atoms with E-state index in [1.54, 1.807) is 13.8 Å². The molecule has 3 rings (SSSR count). The van der Waals surface area contributed by atoms with E-state index in [0.717, 1.165) is 16.7 Å². The molecule has 0 aromatic heterocycles. The summed E-state index contributed by atoms with van der Waals surface area (Å²) < 4.78 is 5.19. The van der Waals surface area contributed by atoms with Gasteiger partial charge in [-0.15, -0.1) is 0 Å². The Hall–Kier alpha value is -2.19. The van der Waals surface area contributed by atoms with Gasteiger partial charge < -0.3 is 19.5 Å². The van der Waals surface area contributed by atoms with Crippen molar-refractivity contribution in [1.82, 2.24) is 10.2 Å². The number of aryl methyl sites for hydroxylation is 1. The van der Waals surface area contributed by atoms with Crippen molar-refractivity contribution in [1.29, 1.82) is 0 Å². The van der Waals surface area contributed by atoms with Crippen LogP contribution < -0.4 is 40.0 Å². The molecule has 2 aromatic rings. The molecule has 2 aromatic carbocycles. The predicted molar refractivity (Wildman–Crippen MR) is 117 cm³/mol. The third kappa shape index (κ3) is 7.14. The molecule has 1 aliphatic rings. The molecule has 0 saturated heterocycles. The average Bonchev–Trinajstić information content (AvgIpc) is 2.80. The monoisotopic (exact) mass is 460 g/mol. The Morgan fingerprint density at radius 2 is 1.73 bits per heavy atom. The van der Waals surface area contributed by atoms with Gasteiger partial charge in [0.15, 0.2) is 0 Å². The largest absolute Gasteiger partial charge is 1.00 e. The van der Waals surface area contributed by atoms with Gasteiger partial charge in [0.2, 0.25) is 5.91 Å². The molecule has 1 heterocycles. The van der Waals surface area contributed by atoms with Gasteiger partial charge in [0, 0.05) is 6.54 Å². The molecule has 33 heavy (non-hydrogen) atoms. The van der Waals surface area contributed by atoms with Gasteiger partial charge in [-0.05, 0) is 49.8 Å². The van der Waals surface area contributed by atoms with E-state index in [4.69, 9.17) is 4.74 Å². The molecule has 170 valence electrons. The second kappa shape index (κ2) is 12.9. The number of carbonyl (C=O) groups is 3. The Kier molecular flexibility index (Phi) is 10.6. The summed E-state index contributed by atoms with van der Waals surface area (Å²) in [7, 11) is 0. The van der Waals surface area contributed by atoms with E-state index in [1.807, 2.05) is 54.6 Å². The topological polar surface area (TPSA) is 98.8 Å². The van der Waals surface area contributed by atoms with Crippen LogP contribution in [0.5, 0.6) is 0 Å². The predicted octanol–water partition coefficient (Wildman–Crippen LogP) is -1.76. The van der Waals surface area contributed by atoms with E-state index >= 15 is 0 Å². The molecule has 3 atom stereocenters. The van der Waals surface area contributed by atoms with Gasteiger partial charge in [-0.1, -0.05) is 54.6 Å². The Morgan fingerprint density at radius 3 is 2.36 bits per heavy atom. The zero-order valence-corrected chi connectivity index (χ0v) is 21.5. The standard InChI is InChI=1S/C25H30N2O5.Na/c1-3-32-25(31)21(14-13-18-9-5-4-6-10-18)26-17(2)23(28)27-16-20-12-8-7-11-19(20)15-22(27)24(29)30;/h4-12,17,21-22,26H,3,13-16H2,1-2H3,(H,29,30);/q;+1/p-1/t17-,21-,22-;/m0./s1. The van der Waals surface area contributed by atoms with Crippen LogP contribution in [0, 0.1) is 0 Å². The number of carboxylic acid groups (broad SMARTS) is 1. The second-order valence-corrected chi connectivity index (χ2v) is 7.99. The van der Waals surface area contributed by atoms with Crippen LogP contribution in [0.2, 0.25) is 0 Å². The van der Waals surface area contributed by atoms with Crippen molar-refractivity contribution >= 4 is 17.8 Å². The van der Waals surface area contributed by atoms with Crippen LogP contribution in [0.3, 0.4) is 0 Å².